The lowest BCUT2D eigenvalue weighted by Gasteiger charge is -2.11. The zero-order valence-corrected chi connectivity index (χ0v) is 15.2. The van der Waals surface area contributed by atoms with E-state index in [4.69, 9.17) is 17.0 Å². The van der Waals surface area contributed by atoms with E-state index < -0.39 is 0 Å². The molecule has 134 valence electrons. The van der Waals surface area contributed by atoms with Gasteiger partial charge in [-0.2, -0.15) is 0 Å². The summed E-state index contributed by atoms with van der Waals surface area (Å²) in [6.45, 7) is 2.76. The summed E-state index contributed by atoms with van der Waals surface area (Å²) in [6.07, 6.45) is 2.60. The number of halogens is 1. The summed E-state index contributed by atoms with van der Waals surface area (Å²) in [5, 5.41) is 3.39. The number of ether oxygens (including phenoxy) is 1. The van der Waals surface area contributed by atoms with Crippen LogP contribution in [0.15, 0.2) is 54.2 Å². The molecule has 0 aromatic heterocycles. The Morgan fingerprint density at radius 2 is 1.92 bits per heavy atom. The lowest BCUT2D eigenvalue weighted by molar-refractivity contribution is -0.122. The minimum absolute atomic E-state index is 0.114. The van der Waals surface area contributed by atoms with Crippen LogP contribution in [0.3, 0.4) is 0 Å². The fourth-order valence-electron chi connectivity index (χ4n) is 2.60. The molecule has 3 rings (SSSR count). The Morgan fingerprint density at radius 1 is 1.19 bits per heavy atom. The van der Waals surface area contributed by atoms with Crippen molar-refractivity contribution in [1.29, 1.82) is 0 Å². The van der Waals surface area contributed by atoms with E-state index in [9.17, 15) is 9.18 Å². The summed E-state index contributed by atoms with van der Waals surface area (Å²) in [7, 11) is 0. The van der Waals surface area contributed by atoms with Crippen LogP contribution in [0.25, 0.3) is 6.08 Å². The first-order valence-electron chi connectivity index (χ1n) is 8.39. The molecular formula is C20H19FN2O2S. The van der Waals surface area contributed by atoms with Gasteiger partial charge in [-0.25, -0.2) is 4.39 Å². The van der Waals surface area contributed by atoms with Crippen molar-refractivity contribution in [3.05, 3.63) is 71.2 Å². The quantitative estimate of drug-likeness (QED) is 0.619. The lowest BCUT2D eigenvalue weighted by Crippen LogP contribution is -2.31. The van der Waals surface area contributed by atoms with Crippen LogP contribution >= 0.6 is 12.2 Å². The predicted octanol–water partition coefficient (Wildman–Crippen LogP) is 3.87. The molecule has 2 aromatic carbocycles. The standard InChI is InChI=1S/C20H19FN2O2S/c1-2-11-23-19(24)18(22-20(23)26)12-14-7-9-16(10-8-14)25-13-15-5-3-4-6-17(15)21/h3-10,12H,2,11,13H2,1H3,(H,22,26)/b18-12-. The molecule has 2 aromatic rings. The highest BCUT2D eigenvalue weighted by atomic mass is 32.1. The Balaban J connectivity index is 1.65. The van der Waals surface area contributed by atoms with Gasteiger partial charge in [-0.05, 0) is 48.5 Å². The number of amides is 1. The molecule has 1 aliphatic heterocycles. The molecule has 1 saturated heterocycles. The largest absolute Gasteiger partial charge is 0.489 e. The zero-order chi connectivity index (χ0) is 18.5. The summed E-state index contributed by atoms with van der Waals surface area (Å²) in [5.74, 6) is 0.230. The van der Waals surface area contributed by atoms with Gasteiger partial charge < -0.3 is 10.1 Å². The molecule has 0 atom stereocenters. The van der Waals surface area contributed by atoms with Crippen molar-refractivity contribution in [3.8, 4) is 5.75 Å². The second kappa shape index (κ2) is 8.10. The normalized spacial score (nSPS) is 15.5. The van der Waals surface area contributed by atoms with Crippen LogP contribution in [0.4, 0.5) is 4.39 Å². The average Bonchev–Trinajstić information content (AvgIpc) is 2.90. The summed E-state index contributed by atoms with van der Waals surface area (Å²) in [6, 6.07) is 13.8. The Hall–Kier alpha value is -2.73. The van der Waals surface area contributed by atoms with Gasteiger partial charge in [0.25, 0.3) is 5.91 Å². The molecule has 0 unspecified atom stereocenters. The van der Waals surface area contributed by atoms with Gasteiger partial charge in [0, 0.05) is 12.1 Å². The second-order valence-corrected chi connectivity index (χ2v) is 6.28. The van der Waals surface area contributed by atoms with E-state index in [1.807, 2.05) is 19.1 Å². The fraction of sp³-hybridized carbons (Fsp3) is 0.200. The van der Waals surface area contributed by atoms with Crippen molar-refractivity contribution in [2.24, 2.45) is 0 Å². The van der Waals surface area contributed by atoms with Crippen LogP contribution < -0.4 is 10.1 Å². The number of nitrogens with one attached hydrogen (secondary N) is 1. The van der Waals surface area contributed by atoms with Crippen molar-refractivity contribution < 1.29 is 13.9 Å². The van der Waals surface area contributed by atoms with Crippen LogP contribution in [0, 0.1) is 5.82 Å². The van der Waals surface area contributed by atoms with Gasteiger partial charge in [0.1, 0.15) is 23.9 Å². The van der Waals surface area contributed by atoms with Gasteiger partial charge in [0.05, 0.1) is 0 Å². The summed E-state index contributed by atoms with van der Waals surface area (Å²) >= 11 is 5.19. The smallest absolute Gasteiger partial charge is 0.276 e. The summed E-state index contributed by atoms with van der Waals surface area (Å²) in [5.41, 5.74) is 1.81. The number of carbonyl (C=O) groups is 1. The summed E-state index contributed by atoms with van der Waals surface area (Å²) in [4.78, 5) is 13.9. The van der Waals surface area contributed by atoms with Crippen LogP contribution in [-0.4, -0.2) is 22.5 Å². The Bertz CT molecular complexity index is 849. The van der Waals surface area contributed by atoms with Crippen molar-refractivity contribution in [2.75, 3.05) is 6.54 Å². The fourth-order valence-corrected chi connectivity index (χ4v) is 2.89. The lowest BCUT2D eigenvalue weighted by atomic mass is 10.2. The topological polar surface area (TPSA) is 41.6 Å². The molecule has 1 fully saturated rings. The van der Waals surface area contributed by atoms with E-state index >= 15 is 0 Å². The Morgan fingerprint density at radius 3 is 2.62 bits per heavy atom. The van der Waals surface area contributed by atoms with Crippen LogP contribution in [0.1, 0.15) is 24.5 Å². The average molecular weight is 370 g/mol. The maximum Gasteiger partial charge on any atom is 0.276 e. The van der Waals surface area contributed by atoms with Crippen molar-refractivity contribution in [3.63, 3.8) is 0 Å². The van der Waals surface area contributed by atoms with Gasteiger partial charge in [-0.1, -0.05) is 37.3 Å². The molecule has 4 nitrogen and oxygen atoms in total. The van der Waals surface area contributed by atoms with Gasteiger partial charge in [-0.15, -0.1) is 0 Å². The highest BCUT2D eigenvalue weighted by molar-refractivity contribution is 7.80. The van der Waals surface area contributed by atoms with Gasteiger partial charge in [0.2, 0.25) is 0 Å². The minimum atomic E-state index is -0.285. The monoisotopic (exact) mass is 370 g/mol. The first kappa shape index (κ1) is 18.1. The highest BCUT2D eigenvalue weighted by Crippen LogP contribution is 2.19. The first-order valence-corrected chi connectivity index (χ1v) is 8.80. The third-order valence-corrected chi connectivity index (χ3v) is 4.28. The van der Waals surface area contributed by atoms with E-state index in [1.54, 1.807) is 41.3 Å². The van der Waals surface area contributed by atoms with E-state index in [0.29, 0.717) is 28.7 Å². The molecule has 0 aliphatic carbocycles. The summed E-state index contributed by atoms with van der Waals surface area (Å²) < 4.78 is 19.2. The number of hydrogen-bond acceptors (Lipinski definition) is 3. The molecule has 0 bridgehead atoms. The first-order chi connectivity index (χ1) is 12.6. The van der Waals surface area contributed by atoms with Gasteiger partial charge in [0.15, 0.2) is 5.11 Å². The molecule has 1 heterocycles. The van der Waals surface area contributed by atoms with E-state index in [-0.39, 0.29) is 18.3 Å². The number of rotatable bonds is 6. The molecule has 1 amide bonds. The Kier molecular flexibility index (Phi) is 5.63. The van der Waals surface area contributed by atoms with Crippen molar-refractivity contribution in [1.82, 2.24) is 10.2 Å². The SMILES string of the molecule is CCCN1C(=O)/C(=C/c2ccc(OCc3ccccc3F)cc2)NC1=S. The molecule has 0 spiro atoms. The Labute approximate surface area is 157 Å². The molecular weight excluding hydrogens is 351 g/mol. The molecule has 0 saturated carbocycles. The van der Waals surface area contributed by atoms with Crippen molar-refractivity contribution >= 4 is 29.3 Å². The molecule has 1 N–H and O–H groups in total. The number of nitrogens with zero attached hydrogens (tertiary/aromatic N) is 1. The van der Waals surface area contributed by atoms with Crippen molar-refractivity contribution in [2.45, 2.75) is 20.0 Å². The number of carbonyl (C=O) groups excluding carboxylic acids is 1. The molecule has 26 heavy (non-hydrogen) atoms. The van der Waals surface area contributed by atoms with Gasteiger partial charge in [-0.3, -0.25) is 9.69 Å². The second-order valence-electron chi connectivity index (χ2n) is 5.89. The van der Waals surface area contributed by atoms with E-state index in [2.05, 4.69) is 5.32 Å². The number of hydrogen-bond donors (Lipinski definition) is 1. The molecule has 1 aliphatic rings. The minimum Gasteiger partial charge on any atom is -0.489 e. The van der Waals surface area contributed by atoms with Crippen LogP contribution in [0.5, 0.6) is 5.75 Å². The maximum atomic E-state index is 13.6. The number of benzene rings is 2. The van der Waals surface area contributed by atoms with E-state index in [1.165, 1.54) is 6.07 Å². The highest BCUT2D eigenvalue weighted by Gasteiger charge is 2.29. The number of thiocarbonyl (C=S) groups is 1. The maximum absolute atomic E-state index is 13.6. The van der Waals surface area contributed by atoms with Gasteiger partial charge >= 0.3 is 0 Å². The third kappa shape index (κ3) is 4.08. The van der Waals surface area contributed by atoms with Crippen LogP contribution in [0.2, 0.25) is 0 Å². The predicted molar refractivity (Wildman–Crippen MR) is 103 cm³/mol. The molecule has 0 radical (unpaired) electrons. The zero-order valence-electron chi connectivity index (χ0n) is 14.4. The van der Waals surface area contributed by atoms with E-state index in [0.717, 1.165) is 12.0 Å². The third-order valence-electron chi connectivity index (χ3n) is 3.95. The van der Waals surface area contributed by atoms with Crippen LogP contribution in [-0.2, 0) is 11.4 Å². The molecule has 6 heteroatoms.